The van der Waals surface area contributed by atoms with Gasteiger partial charge in [0.25, 0.3) is 0 Å². The number of hydrogen-bond donors (Lipinski definition) is 1. The molecular weight excluding hydrogens is 480 g/mol. The molecule has 0 bridgehead atoms. The molecule has 1 saturated heterocycles. The van der Waals surface area contributed by atoms with Gasteiger partial charge in [0, 0.05) is 24.8 Å². The molecule has 33 heavy (non-hydrogen) atoms. The maximum absolute atomic E-state index is 13.7. The fraction of sp³-hybridized carbons (Fsp3) is 0.350. The zero-order chi connectivity index (χ0) is 24.4. The van der Waals surface area contributed by atoms with Gasteiger partial charge in [-0.15, -0.1) is 0 Å². The van der Waals surface area contributed by atoms with E-state index in [2.05, 4.69) is 5.32 Å². The molecule has 0 radical (unpaired) electrons. The number of hydrogen-bond acceptors (Lipinski definition) is 6. The van der Waals surface area contributed by atoms with Crippen LogP contribution in [0.15, 0.2) is 47.4 Å². The molecule has 0 saturated carbocycles. The standard InChI is InChI=1S/C20H23F2N3O6S2/c1-14(25(32(2,27)28)16-5-8-18(21)19(22)13-16)20(26)23-15-3-6-17(7-4-15)33(29,30)24-9-11-31-12-10-24/h3-8,13-14H,9-12H2,1-2H3,(H,23,26)/t14-/m0/s1. The van der Waals surface area contributed by atoms with Gasteiger partial charge in [0.1, 0.15) is 6.04 Å². The van der Waals surface area contributed by atoms with E-state index in [0.717, 1.165) is 18.4 Å². The van der Waals surface area contributed by atoms with Gasteiger partial charge >= 0.3 is 0 Å². The topological polar surface area (TPSA) is 113 Å². The predicted molar refractivity (Wildman–Crippen MR) is 118 cm³/mol. The first kappa shape index (κ1) is 25.0. The molecule has 1 heterocycles. The molecule has 0 aliphatic carbocycles. The summed E-state index contributed by atoms with van der Waals surface area (Å²) in [5.41, 5.74) is 0.0116. The summed E-state index contributed by atoms with van der Waals surface area (Å²) in [6, 6.07) is 6.59. The van der Waals surface area contributed by atoms with Gasteiger partial charge in [-0.1, -0.05) is 0 Å². The van der Waals surface area contributed by atoms with Crippen molar-refractivity contribution in [2.24, 2.45) is 0 Å². The van der Waals surface area contributed by atoms with Crippen LogP contribution in [0, 0.1) is 11.6 Å². The van der Waals surface area contributed by atoms with Gasteiger partial charge in [0.2, 0.25) is 26.0 Å². The SMILES string of the molecule is C[C@@H](C(=O)Nc1ccc(S(=O)(=O)N2CCOCC2)cc1)N(c1ccc(F)c(F)c1)S(C)(=O)=O. The highest BCUT2D eigenvalue weighted by Crippen LogP contribution is 2.24. The highest BCUT2D eigenvalue weighted by Gasteiger charge is 2.30. The molecule has 1 aliphatic rings. The minimum atomic E-state index is -4.03. The molecule has 1 aliphatic heterocycles. The summed E-state index contributed by atoms with van der Waals surface area (Å²) in [5, 5.41) is 2.51. The van der Waals surface area contributed by atoms with E-state index >= 15 is 0 Å². The summed E-state index contributed by atoms with van der Waals surface area (Å²) in [5.74, 6) is -3.17. The Hall–Kier alpha value is -2.61. The molecule has 1 fully saturated rings. The third kappa shape index (κ3) is 5.66. The fourth-order valence-corrected chi connectivity index (χ4v) is 5.90. The van der Waals surface area contributed by atoms with Crippen LogP contribution in [0.3, 0.4) is 0 Å². The Morgan fingerprint density at radius 3 is 2.18 bits per heavy atom. The maximum atomic E-state index is 13.7. The summed E-state index contributed by atoms with van der Waals surface area (Å²) >= 11 is 0. The second-order valence-electron chi connectivity index (χ2n) is 7.36. The van der Waals surface area contributed by atoms with Crippen molar-refractivity contribution in [3.63, 3.8) is 0 Å². The predicted octanol–water partition coefficient (Wildman–Crippen LogP) is 1.78. The van der Waals surface area contributed by atoms with E-state index in [4.69, 9.17) is 4.74 Å². The van der Waals surface area contributed by atoms with Crippen LogP contribution < -0.4 is 9.62 Å². The van der Waals surface area contributed by atoms with Crippen LogP contribution in [0.25, 0.3) is 0 Å². The van der Waals surface area contributed by atoms with Crippen LogP contribution in [0.1, 0.15) is 6.92 Å². The molecule has 9 nitrogen and oxygen atoms in total. The summed E-state index contributed by atoms with van der Waals surface area (Å²) in [7, 11) is -7.75. The van der Waals surface area contributed by atoms with E-state index in [1.165, 1.54) is 35.5 Å². The van der Waals surface area contributed by atoms with Crippen molar-refractivity contribution in [2.75, 3.05) is 42.2 Å². The number of benzene rings is 2. The Morgan fingerprint density at radius 1 is 1.03 bits per heavy atom. The molecule has 1 amide bonds. The molecule has 2 aromatic carbocycles. The number of nitrogens with zero attached hydrogens (tertiary/aromatic N) is 2. The molecule has 180 valence electrons. The number of ether oxygens (including phenoxy) is 1. The van der Waals surface area contributed by atoms with Crippen molar-refractivity contribution in [1.29, 1.82) is 0 Å². The largest absolute Gasteiger partial charge is 0.379 e. The van der Waals surface area contributed by atoms with Crippen molar-refractivity contribution in [2.45, 2.75) is 17.9 Å². The number of rotatable bonds is 7. The summed E-state index contributed by atoms with van der Waals surface area (Å²) < 4.78 is 84.0. The average Bonchev–Trinajstić information content (AvgIpc) is 2.76. The molecule has 3 rings (SSSR count). The van der Waals surface area contributed by atoms with Crippen LogP contribution in [-0.4, -0.2) is 65.6 Å². The monoisotopic (exact) mass is 503 g/mol. The zero-order valence-electron chi connectivity index (χ0n) is 17.9. The second-order valence-corrected chi connectivity index (χ2v) is 11.2. The normalized spacial score (nSPS) is 16.2. The Bertz CT molecular complexity index is 1230. The summed E-state index contributed by atoms with van der Waals surface area (Å²) in [4.78, 5) is 12.8. The van der Waals surface area contributed by atoms with Gasteiger partial charge in [-0.25, -0.2) is 25.6 Å². The Kier molecular flexibility index (Phi) is 7.36. The zero-order valence-corrected chi connectivity index (χ0v) is 19.5. The van der Waals surface area contributed by atoms with Gasteiger partial charge in [-0.05, 0) is 43.3 Å². The first-order chi connectivity index (χ1) is 15.4. The van der Waals surface area contributed by atoms with Crippen LogP contribution in [0.2, 0.25) is 0 Å². The number of carbonyl (C=O) groups is 1. The van der Waals surface area contributed by atoms with Gasteiger partial charge in [-0.3, -0.25) is 9.10 Å². The van der Waals surface area contributed by atoms with Gasteiger partial charge in [-0.2, -0.15) is 4.31 Å². The number of morpholine rings is 1. The van der Waals surface area contributed by atoms with Gasteiger partial charge in [0.05, 0.1) is 30.1 Å². The van der Waals surface area contributed by atoms with Crippen LogP contribution >= 0.6 is 0 Å². The second kappa shape index (κ2) is 9.71. The van der Waals surface area contributed by atoms with E-state index in [-0.39, 0.29) is 29.4 Å². The molecule has 13 heteroatoms. The summed E-state index contributed by atoms with van der Waals surface area (Å²) in [6.45, 7) is 2.38. The summed E-state index contributed by atoms with van der Waals surface area (Å²) in [6.07, 6.45) is 0.837. The minimum Gasteiger partial charge on any atom is -0.379 e. The molecule has 0 aromatic heterocycles. The van der Waals surface area contributed by atoms with Crippen LogP contribution in [0.5, 0.6) is 0 Å². The molecule has 1 atom stereocenters. The smallest absolute Gasteiger partial charge is 0.247 e. The lowest BCUT2D eigenvalue weighted by Gasteiger charge is -2.28. The average molecular weight is 504 g/mol. The van der Waals surface area contributed by atoms with E-state index in [0.29, 0.717) is 23.6 Å². The lowest BCUT2D eigenvalue weighted by molar-refractivity contribution is -0.116. The number of amides is 1. The Balaban J connectivity index is 1.78. The number of halogens is 2. The molecule has 0 unspecified atom stereocenters. The Morgan fingerprint density at radius 2 is 1.64 bits per heavy atom. The minimum absolute atomic E-state index is 0.0370. The molecular formula is C20H23F2N3O6S2. The van der Waals surface area contributed by atoms with Crippen molar-refractivity contribution in [1.82, 2.24) is 4.31 Å². The molecule has 0 spiro atoms. The van der Waals surface area contributed by atoms with Gasteiger partial charge in [0.15, 0.2) is 11.6 Å². The van der Waals surface area contributed by atoms with Crippen molar-refractivity contribution in [3.05, 3.63) is 54.1 Å². The first-order valence-electron chi connectivity index (χ1n) is 9.84. The van der Waals surface area contributed by atoms with E-state index in [1.54, 1.807) is 0 Å². The van der Waals surface area contributed by atoms with Crippen molar-refractivity contribution < 1.29 is 35.1 Å². The fourth-order valence-electron chi connectivity index (χ4n) is 3.32. The lowest BCUT2D eigenvalue weighted by Crippen LogP contribution is -2.45. The molecule has 2 aromatic rings. The Labute approximate surface area is 191 Å². The van der Waals surface area contributed by atoms with E-state index in [9.17, 15) is 30.4 Å². The number of anilines is 2. The van der Waals surface area contributed by atoms with E-state index in [1.807, 2.05) is 0 Å². The third-order valence-corrected chi connectivity index (χ3v) is 8.13. The van der Waals surface area contributed by atoms with E-state index < -0.39 is 43.6 Å². The van der Waals surface area contributed by atoms with Gasteiger partial charge < -0.3 is 10.1 Å². The van der Waals surface area contributed by atoms with Crippen molar-refractivity contribution >= 4 is 37.3 Å². The molecule has 1 N–H and O–H groups in total. The van der Waals surface area contributed by atoms with Crippen LogP contribution in [-0.2, 0) is 29.6 Å². The maximum Gasteiger partial charge on any atom is 0.247 e. The number of sulfonamides is 2. The first-order valence-corrected chi connectivity index (χ1v) is 13.1. The quantitative estimate of drug-likeness (QED) is 0.616. The third-order valence-electron chi connectivity index (χ3n) is 4.98. The highest BCUT2D eigenvalue weighted by molar-refractivity contribution is 7.92. The number of nitrogens with one attached hydrogen (secondary N) is 1. The lowest BCUT2D eigenvalue weighted by atomic mass is 10.2. The number of carbonyl (C=O) groups excluding carboxylic acids is 1. The highest BCUT2D eigenvalue weighted by atomic mass is 32.2. The van der Waals surface area contributed by atoms with Crippen LogP contribution in [0.4, 0.5) is 20.2 Å². The van der Waals surface area contributed by atoms with Crippen molar-refractivity contribution in [3.8, 4) is 0 Å².